The second-order valence-electron chi connectivity index (χ2n) is 6.35. The minimum Gasteiger partial charge on any atom is -0.375 e. The summed E-state index contributed by atoms with van der Waals surface area (Å²) >= 11 is 1.67. The summed E-state index contributed by atoms with van der Waals surface area (Å²) in [4.78, 5) is 13.7. The van der Waals surface area contributed by atoms with Crippen molar-refractivity contribution in [2.45, 2.75) is 55.4 Å². The zero-order chi connectivity index (χ0) is 14.5. The number of thioether (sulfide) groups is 1. The molecule has 1 aliphatic carbocycles. The number of hydrogen-bond acceptors (Lipinski definition) is 3. The smallest absolute Gasteiger partial charge is 0.146 e. The van der Waals surface area contributed by atoms with E-state index in [1.165, 1.54) is 24.2 Å². The molecule has 0 N–H and O–H groups in total. The van der Waals surface area contributed by atoms with Gasteiger partial charge in [-0.15, -0.1) is 11.8 Å². The molecule has 0 bridgehead atoms. The summed E-state index contributed by atoms with van der Waals surface area (Å²) in [7, 11) is 0. The maximum Gasteiger partial charge on any atom is 0.146 e. The molecule has 3 heteroatoms. The van der Waals surface area contributed by atoms with Crippen LogP contribution < -0.4 is 0 Å². The summed E-state index contributed by atoms with van der Waals surface area (Å²) in [5.41, 5.74) is 0.0360. The van der Waals surface area contributed by atoms with Crippen molar-refractivity contribution in [3.8, 4) is 0 Å². The number of rotatable bonds is 4. The Morgan fingerprint density at radius 3 is 2.71 bits per heavy atom. The van der Waals surface area contributed by atoms with Crippen molar-refractivity contribution in [1.29, 1.82) is 0 Å². The molecule has 2 aliphatic rings. The lowest BCUT2D eigenvalue weighted by molar-refractivity contribution is -0.140. The number of benzene rings is 1. The van der Waals surface area contributed by atoms with Gasteiger partial charge in [-0.25, -0.2) is 0 Å². The molecule has 1 saturated carbocycles. The van der Waals surface area contributed by atoms with Crippen LogP contribution in [0.3, 0.4) is 0 Å². The Morgan fingerprint density at radius 1 is 1.19 bits per heavy atom. The molecule has 21 heavy (non-hydrogen) atoms. The average molecular weight is 304 g/mol. The summed E-state index contributed by atoms with van der Waals surface area (Å²) in [5.74, 6) is 1.23. The van der Waals surface area contributed by atoms with E-state index >= 15 is 0 Å². The van der Waals surface area contributed by atoms with E-state index in [0.29, 0.717) is 11.5 Å². The van der Waals surface area contributed by atoms with E-state index < -0.39 is 0 Å². The van der Waals surface area contributed by atoms with Crippen molar-refractivity contribution in [3.05, 3.63) is 30.3 Å². The molecule has 1 aromatic rings. The van der Waals surface area contributed by atoms with Gasteiger partial charge in [0.15, 0.2) is 0 Å². The highest BCUT2D eigenvalue weighted by molar-refractivity contribution is 8.00. The van der Waals surface area contributed by atoms with E-state index in [2.05, 4.69) is 12.1 Å². The number of carbonyl (C=O) groups excluding carboxylic acids is 1. The van der Waals surface area contributed by atoms with Crippen LogP contribution in [0.15, 0.2) is 35.2 Å². The molecule has 1 saturated heterocycles. The number of Topliss-reactive ketones (excluding diaryl/α,β-unsaturated/α-hetero) is 1. The first-order chi connectivity index (χ1) is 10.3. The van der Waals surface area contributed by atoms with Gasteiger partial charge < -0.3 is 4.74 Å². The van der Waals surface area contributed by atoms with Gasteiger partial charge in [0.1, 0.15) is 5.78 Å². The second kappa shape index (κ2) is 6.97. The van der Waals surface area contributed by atoms with E-state index in [-0.39, 0.29) is 11.5 Å². The van der Waals surface area contributed by atoms with Crippen LogP contribution in [-0.4, -0.2) is 23.7 Å². The van der Waals surface area contributed by atoms with Crippen LogP contribution in [0.25, 0.3) is 0 Å². The third-order valence-electron chi connectivity index (χ3n) is 4.84. The maximum atomic E-state index is 12.5. The fraction of sp³-hybridized carbons (Fsp3) is 0.611. The van der Waals surface area contributed by atoms with Crippen LogP contribution in [-0.2, 0) is 9.53 Å². The lowest BCUT2D eigenvalue weighted by atomic mass is 9.75. The van der Waals surface area contributed by atoms with E-state index in [1.54, 1.807) is 11.8 Å². The van der Waals surface area contributed by atoms with Crippen molar-refractivity contribution in [2.24, 2.45) is 5.92 Å². The van der Waals surface area contributed by atoms with Gasteiger partial charge in [0.2, 0.25) is 0 Å². The standard InChI is InChI=1S/C18H24O2S/c19-17(14-21-16-7-3-1-4-8-16)15-9-12-20-18(13-15)10-5-2-6-11-18/h1,3-4,7-8,15H,2,5-6,9-14H2. The van der Waals surface area contributed by atoms with E-state index in [0.717, 1.165) is 32.3 Å². The highest BCUT2D eigenvalue weighted by atomic mass is 32.2. The van der Waals surface area contributed by atoms with Crippen LogP contribution in [0.4, 0.5) is 0 Å². The van der Waals surface area contributed by atoms with Crippen LogP contribution in [0.1, 0.15) is 44.9 Å². The second-order valence-corrected chi connectivity index (χ2v) is 7.40. The number of hydrogen-bond donors (Lipinski definition) is 0. The molecule has 114 valence electrons. The minimum atomic E-state index is 0.0360. The summed E-state index contributed by atoms with van der Waals surface area (Å²) in [6, 6.07) is 10.2. The number of ketones is 1. The van der Waals surface area contributed by atoms with Gasteiger partial charge in [0.25, 0.3) is 0 Å². The van der Waals surface area contributed by atoms with Crippen LogP contribution >= 0.6 is 11.8 Å². The molecule has 1 aliphatic heterocycles. The van der Waals surface area contributed by atoms with Gasteiger partial charge in [0, 0.05) is 17.4 Å². The van der Waals surface area contributed by atoms with Crippen molar-refractivity contribution < 1.29 is 9.53 Å². The quantitative estimate of drug-likeness (QED) is 0.767. The Morgan fingerprint density at radius 2 is 1.95 bits per heavy atom. The first-order valence-corrected chi connectivity index (χ1v) is 9.11. The molecule has 1 heterocycles. The molecule has 0 amide bonds. The van der Waals surface area contributed by atoms with Crippen molar-refractivity contribution in [1.82, 2.24) is 0 Å². The summed E-state index contributed by atoms with van der Waals surface area (Å²) in [6.45, 7) is 0.770. The fourth-order valence-corrected chi connectivity index (χ4v) is 4.53. The van der Waals surface area contributed by atoms with Crippen LogP contribution in [0.2, 0.25) is 0 Å². The summed E-state index contributed by atoms with van der Waals surface area (Å²) < 4.78 is 6.09. The molecular formula is C18H24O2S. The van der Waals surface area contributed by atoms with Crippen molar-refractivity contribution >= 4 is 17.5 Å². The van der Waals surface area contributed by atoms with Crippen molar-refractivity contribution in [2.75, 3.05) is 12.4 Å². The van der Waals surface area contributed by atoms with E-state index in [4.69, 9.17) is 4.74 Å². The zero-order valence-corrected chi connectivity index (χ0v) is 13.4. The molecule has 1 spiro atoms. The Labute approximate surface area is 131 Å². The molecule has 0 aromatic heterocycles. The maximum absolute atomic E-state index is 12.5. The molecule has 2 nitrogen and oxygen atoms in total. The number of carbonyl (C=O) groups is 1. The van der Waals surface area contributed by atoms with Crippen LogP contribution in [0.5, 0.6) is 0 Å². The van der Waals surface area contributed by atoms with Gasteiger partial charge in [-0.2, -0.15) is 0 Å². The molecule has 1 aromatic carbocycles. The average Bonchev–Trinajstić information content (AvgIpc) is 2.54. The Hall–Kier alpha value is -0.800. The number of ether oxygens (including phenoxy) is 1. The first-order valence-electron chi connectivity index (χ1n) is 8.12. The van der Waals surface area contributed by atoms with Gasteiger partial charge in [-0.3, -0.25) is 4.79 Å². The molecule has 2 fully saturated rings. The predicted molar refractivity (Wildman–Crippen MR) is 86.7 cm³/mol. The fourth-order valence-electron chi connectivity index (χ4n) is 3.64. The Bertz CT molecular complexity index is 460. The van der Waals surface area contributed by atoms with E-state index in [1.807, 2.05) is 18.2 Å². The summed E-state index contributed by atoms with van der Waals surface area (Å²) in [5, 5.41) is 0. The molecule has 0 radical (unpaired) electrons. The third kappa shape index (κ3) is 3.89. The predicted octanol–water partition coefficient (Wildman–Crippen LogP) is 4.48. The van der Waals surface area contributed by atoms with E-state index in [9.17, 15) is 4.79 Å². The minimum absolute atomic E-state index is 0.0360. The lowest BCUT2D eigenvalue weighted by Crippen LogP contribution is -2.43. The van der Waals surface area contributed by atoms with Gasteiger partial charge in [0.05, 0.1) is 11.4 Å². The Kier molecular flexibility index (Phi) is 5.02. The monoisotopic (exact) mass is 304 g/mol. The highest BCUT2D eigenvalue weighted by Gasteiger charge is 2.40. The summed E-state index contributed by atoms with van der Waals surface area (Å²) in [6.07, 6.45) is 8.04. The first kappa shape index (κ1) is 15.1. The molecule has 1 unspecified atom stereocenters. The van der Waals surface area contributed by atoms with Gasteiger partial charge in [-0.1, -0.05) is 37.5 Å². The van der Waals surface area contributed by atoms with Gasteiger partial charge >= 0.3 is 0 Å². The Balaban J connectivity index is 1.54. The zero-order valence-electron chi connectivity index (χ0n) is 12.6. The largest absolute Gasteiger partial charge is 0.375 e. The lowest BCUT2D eigenvalue weighted by Gasteiger charge is -2.43. The topological polar surface area (TPSA) is 26.3 Å². The third-order valence-corrected chi connectivity index (χ3v) is 5.87. The van der Waals surface area contributed by atoms with Crippen molar-refractivity contribution in [3.63, 3.8) is 0 Å². The van der Waals surface area contributed by atoms with Gasteiger partial charge in [-0.05, 0) is 37.8 Å². The molecule has 1 atom stereocenters. The molecule has 3 rings (SSSR count). The highest BCUT2D eigenvalue weighted by Crippen LogP contribution is 2.41. The normalized spacial score (nSPS) is 24.9. The molecular weight excluding hydrogens is 280 g/mol. The SMILES string of the molecule is O=C(CSc1ccccc1)C1CCOC2(CCCCC2)C1. The van der Waals surface area contributed by atoms with Crippen LogP contribution in [0, 0.1) is 5.92 Å².